The highest BCUT2D eigenvalue weighted by Gasteiger charge is 2.24. The Kier molecular flexibility index (Phi) is 4.97. The minimum atomic E-state index is -0.282. The van der Waals surface area contributed by atoms with Crippen molar-refractivity contribution in [1.82, 2.24) is 4.90 Å². The van der Waals surface area contributed by atoms with Gasteiger partial charge in [0.05, 0.1) is 6.10 Å². The van der Waals surface area contributed by atoms with E-state index in [0.29, 0.717) is 0 Å². The van der Waals surface area contributed by atoms with Crippen molar-refractivity contribution in [3.8, 4) is 0 Å². The lowest BCUT2D eigenvalue weighted by atomic mass is 9.93. The highest BCUT2D eigenvalue weighted by atomic mass is 16.3. The summed E-state index contributed by atoms with van der Waals surface area (Å²) in [6.45, 7) is 4.12. The summed E-state index contributed by atoms with van der Waals surface area (Å²) in [7, 11) is 4.05. The van der Waals surface area contributed by atoms with Crippen LogP contribution in [-0.2, 0) is 6.42 Å². The lowest BCUT2D eigenvalue weighted by Crippen LogP contribution is -2.43. The van der Waals surface area contributed by atoms with Crippen LogP contribution >= 0.6 is 0 Å². The molecule has 0 bridgehead atoms. The average molecular weight is 221 g/mol. The van der Waals surface area contributed by atoms with Crippen molar-refractivity contribution < 1.29 is 5.11 Å². The van der Waals surface area contributed by atoms with Crippen LogP contribution in [0.3, 0.4) is 0 Å². The summed E-state index contributed by atoms with van der Waals surface area (Å²) < 4.78 is 0. The fourth-order valence-corrected chi connectivity index (χ4v) is 1.91. The number of hydrogen-bond donors (Lipinski definition) is 1. The van der Waals surface area contributed by atoms with Gasteiger partial charge in [0.1, 0.15) is 0 Å². The zero-order chi connectivity index (χ0) is 12.1. The van der Waals surface area contributed by atoms with Crippen LogP contribution in [0.15, 0.2) is 30.3 Å². The van der Waals surface area contributed by atoms with Crippen molar-refractivity contribution in [1.29, 1.82) is 0 Å². The van der Waals surface area contributed by atoms with E-state index >= 15 is 0 Å². The van der Waals surface area contributed by atoms with Gasteiger partial charge in [-0.05, 0) is 32.0 Å². The highest BCUT2D eigenvalue weighted by molar-refractivity contribution is 5.16. The van der Waals surface area contributed by atoms with E-state index in [-0.39, 0.29) is 18.1 Å². The van der Waals surface area contributed by atoms with Crippen LogP contribution in [0.5, 0.6) is 0 Å². The lowest BCUT2D eigenvalue weighted by Gasteiger charge is -2.31. The number of likely N-dealkylation sites (N-methyl/N-ethyl adjacent to an activating group) is 1. The molecule has 90 valence electrons. The van der Waals surface area contributed by atoms with Gasteiger partial charge in [-0.25, -0.2) is 0 Å². The number of nitrogens with zero attached hydrogens (tertiary/aromatic N) is 1. The third-order valence-corrected chi connectivity index (χ3v) is 3.03. The molecular weight excluding hydrogens is 198 g/mol. The summed E-state index contributed by atoms with van der Waals surface area (Å²) in [5.74, 6) is 0.288. The van der Waals surface area contributed by atoms with E-state index in [1.807, 2.05) is 32.3 Å². The van der Waals surface area contributed by atoms with Gasteiger partial charge in [0.2, 0.25) is 0 Å². The minimum absolute atomic E-state index is 0.183. The number of aliphatic hydroxyl groups is 1. The molecule has 2 atom stereocenters. The summed E-state index contributed by atoms with van der Waals surface area (Å²) in [5.41, 5.74) is 1.28. The smallest absolute Gasteiger partial charge is 0.0721 e. The van der Waals surface area contributed by atoms with E-state index in [2.05, 4.69) is 30.9 Å². The molecule has 0 saturated heterocycles. The Balaban J connectivity index is 2.73. The number of hydrogen-bond acceptors (Lipinski definition) is 2. The third kappa shape index (κ3) is 3.62. The van der Waals surface area contributed by atoms with Gasteiger partial charge in [-0.1, -0.05) is 44.2 Å². The average Bonchev–Trinajstić information content (AvgIpc) is 2.26. The molecule has 2 nitrogen and oxygen atoms in total. The predicted molar refractivity (Wildman–Crippen MR) is 68.5 cm³/mol. The maximum atomic E-state index is 10.2. The van der Waals surface area contributed by atoms with Crippen molar-refractivity contribution in [2.24, 2.45) is 5.92 Å². The van der Waals surface area contributed by atoms with Crippen molar-refractivity contribution in [3.05, 3.63) is 35.9 Å². The Labute approximate surface area is 98.9 Å². The Morgan fingerprint density at radius 3 is 2.12 bits per heavy atom. The van der Waals surface area contributed by atoms with E-state index in [9.17, 15) is 5.11 Å². The zero-order valence-corrected chi connectivity index (χ0v) is 10.7. The Hall–Kier alpha value is -0.860. The van der Waals surface area contributed by atoms with Crippen LogP contribution in [0, 0.1) is 5.92 Å². The van der Waals surface area contributed by atoms with Crippen molar-refractivity contribution >= 4 is 0 Å². The Morgan fingerprint density at radius 2 is 1.69 bits per heavy atom. The molecule has 0 fully saturated rings. The number of aliphatic hydroxyl groups excluding tert-OH is 1. The first-order valence-electron chi connectivity index (χ1n) is 5.90. The molecular formula is C14H23NO. The normalized spacial score (nSPS) is 15.4. The van der Waals surface area contributed by atoms with Gasteiger partial charge in [-0.3, -0.25) is 0 Å². The molecule has 0 heterocycles. The largest absolute Gasteiger partial charge is 0.391 e. The van der Waals surface area contributed by atoms with Crippen LogP contribution in [0.4, 0.5) is 0 Å². The van der Waals surface area contributed by atoms with Crippen LogP contribution in [0.1, 0.15) is 19.4 Å². The van der Waals surface area contributed by atoms with Crippen LogP contribution in [-0.4, -0.2) is 36.2 Å². The molecule has 0 saturated carbocycles. The van der Waals surface area contributed by atoms with Crippen molar-refractivity contribution in [2.45, 2.75) is 32.4 Å². The minimum Gasteiger partial charge on any atom is -0.391 e. The molecule has 0 aliphatic carbocycles. The maximum Gasteiger partial charge on any atom is 0.0721 e. The third-order valence-electron chi connectivity index (χ3n) is 3.03. The number of rotatable bonds is 5. The molecule has 1 aromatic carbocycles. The fourth-order valence-electron chi connectivity index (χ4n) is 1.91. The standard InChI is InChI=1S/C14H23NO/c1-11(2)14(16)13(15(3)4)10-12-8-6-5-7-9-12/h5-9,11,13-14,16H,10H2,1-4H3/t13-,14-/m0/s1. The van der Waals surface area contributed by atoms with Crippen molar-refractivity contribution in [3.63, 3.8) is 0 Å². The SMILES string of the molecule is CC(C)[C@H](O)[C@H](Cc1ccccc1)N(C)C. The molecule has 16 heavy (non-hydrogen) atoms. The quantitative estimate of drug-likeness (QED) is 0.824. The second-order valence-corrected chi connectivity index (χ2v) is 4.96. The van der Waals surface area contributed by atoms with Gasteiger partial charge < -0.3 is 10.0 Å². The monoisotopic (exact) mass is 221 g/mol. The Bertz CT molecular complexity index is 295. The molecule has 0 unspecified atom stereocenters. The van der Waals surface area contributed by atoms with Gasteiger partial charge in [0, 0.05) is 6.04 Å². The van der Waals surface area contributed by atoms with Crippen molar-refractivity contribution in [2.75, 3.05) is 14.1 Å². The molecule has 0 radical (unpaired) electrons. The van der Waals surface area contributed by atoms with Crippen LogP contribution in [0.2, 0.25) is 0 Å². The first kappa shape index (κ1) is 13.2. The second kappa shape index (κ2) is 6.02. The zero-order valence-electron chi connectivity index (χ0n) is 10.7. The molecule has 2 heteroatoms. The molecule has 0 amide bonds. The molecule has 0 aliphatic rings. The van der Waals surface area contributed by atoms with E-state index in [0.717, 1.165) is 6.42 Å². The van der Waals surface area contributed by atoms with Gasteiger partial charge in [-0.15, -0.1) is 0 Å². The van der Waals surface area contributed by atoms with E-state index < -0.39 is 0 Å². The lowest BCUT2D eigenvalue weighted by molar-refractivity contribution is 0.0409. The summed E-state index contributed by atoms with van der Waals surface area (Å²) in [6, 6.07) is 10.5. The van der Waals surface area contributed by atoms with Gasteiger partial charge in [-0.2, -0.15) is 0 Å². The Morgan fingerprint density at radius 1 is 1.12 bits per heavy atom. The van der Waals surface area contributed by atoms with Gasteiger partial charge in [0.25, 0.3) is 0 Å². The number of benzene rings is 1. The molecule has 0 aromatic heterocycles. The fraction of sp³-hybridized carbons (Fsp3) is 0.571. The molecule has 0 aliphatic heterocycles. The van der Waals surface area contributed by atoms with Crippen LogP contribution < -0.4 is 0 Å². The highest BCUT2D eigenvalue weighted by Crippen LogP contribution is 2.15. The summed E-state index contributed by atoms with van der Waals surface area (Å²) in [6.07, 6.45) is 0.614. The molecule has 1 N–H and O–H groups in total. The second-order valence-electron chi connectivity index (χ2n) is 4.96. The first-order valence-corrected chi connectivity index (χ1v) is 5.90. The molecule has 1 rings (SSSR count). The van der Waals surface area contributed by atoms with Crippen LogP contribution in [0.25, 0.3) is 0 Å². The predicted octanol–water partition coefficient (Wildman–Crippen LogP) is 2.18. The molecule has 0 spiro atoms. The topological polar surface area (TPSA) is 23.5 Å². The maximum absolute atomic E-state index is 10.2. The van der Waals surface area contributed by atoms with Gasteiger partial charge in [0.15, 0.2) is 0 Å². The van der Waals surface area contributed by atoms with Gasteiger partial charge >= 0.3 is 0 Å². The van der Waals surface area contributed by atoms with E-state index in [1.54, 1.807) is 0 Å². The van der Waals surface area contributed by atoms with E-state index in [1.165, 1.54) is 5.56 Å². The van der Waals surface area contributed by atoms with E-state index in [4.69, 9.17) is 0 Å². The summed E-state index contributed by atoms with van der Waals surface area (Å²) >= 11 is 0. The summed E-state index contributed by atoms with van der Waals surface area (Å²) in [4.78, 5) is 2.11. The molecule has 1 aromatic rings. The summed E-state index contributed by atoms with van der Waals surface area (Å²) in [5, 5.41) is 10.2. The first-order chi connectivity index (χ1) is 7.52.